The second kappa shape index (κ2) is 10.8. The fraction of sp³-hybridized carbons (Fsp3) is 0.741. The Hall–Kier alpha value is -1.61. The van der Waals surface area contributed by atoms with Crippen molar-refractivity contribution in [2.75, 3.05) is 0 Å². The smallest absolute Gasteiger partial charge is 0.309 e. The Morgan fingerprint density at radius 3 is 2.54 bits per heavy atom. The van der Waals surface area contributed by atoms with Crippen molar-refractivity contribution in [2.24, 2.45) is 17.3 Å². The number of nitrogens with zero attached hydrogens (tertiary/aromatic N) is 1. The van der Waals surface area contributed by atoms with Crippen molar-refractivity contribution in [3.8, 4) is 0 Å². The molecule has 2 saturated heterocycles. The Morgan fingerprint density at radius 2 is 1.91 bits per heavy atom. The highest BCUT2D eigenvalue weighted by molar-refractivity contribution is 7.09. The van der Waals surface area contributed by atoms with Crippen LogP contribution in [0.5, 0.6) is 0 Å². The maximum absolute atomic E-state index is 13.2. The van der Waals surface area contributed by atoms with E-state index in [1.165, 1.54) is 0 Å². The Morgan fingerprint density at radius 1 is 1.23 bits per heavy atom. The van der Waals surface area contributed by atoms with E-state index in [2.05, 4.69) is 11.9 Å². The van der Waals surface area contributed by atoms with Crippen molar-refractivity contribution in [2.45, 2.75) is 111 Å². The summed E-state index contributed by atoms with van der Waals surface area (Å²) in [6, 6.07) is 0. The lowest BCUT2D eigenvalue weighted by molar-refractivity contribution is -0.154. The third kappa shape index (κ3) is 6.59. The van der Waals surface area contributed by atoms with Crippen LogP contribution in [0.3, 0.4) is 0 Å². The molecule has 2 N–H and O–H groups in total. The molecule has 0 bridgehead atoms. The fourth-order valence-corrected chi connectivity index (χ4v) is 5.64. The monoisotopic (exact) mass is 507 g/mol. The lowest BCUT2D eigenvalue weighted by Gasteiger charge is -2.34. The number of carbonyl (C=O) groups excluding carboxylic acids is 2. The summed E-state index contributed by atoms with van der Waals surface area (Å²) in [7, 11) is 0. The van der Waals surface area contributed by atoms with Gasteiger partial charge < -0.3 is 19.7 Å². The molecule has 7 nitrogen and oxygen atoms in total. The fourth-order valence-electron chi connectivity index (χ4n) is 5.07. The molecule has 0 aromatic carbocycles. The van der Waals surface area contributed by atoms with Crippen LogP contribution in [-0.2, 0) is 19.1 Å². The molecule has 0 amide bonds. The summed E-state index contributed by atoms with van der Waals surface area (Å²) in [5.74, 6) is -1.55. The third-order valence-corrected chi connectivity index (χ3v) is 8.72. The van der Waals surface area contributed by atoms with E-state index in [-0.39, 0.29) is 29.8 Å². The Bertz CT molecular complexity index is 955. The SMILES string of the molecule is CC(=Cc1csc(C)n1)[C@@H]1C[C@@H]2O[C@]2(C)CCC[C@H](C)[C@H](O)[C@@H](C)C(=O)C(C)(C)[C@@H](O)CC(=O)O1. The number of Topliss-reactive ketones (excluding diaryl/α,β-unsaturated/α-hetero) is 1. The molecular weight excluding hydrogens is 466 g/mol. The number of carbonyl (C=O) groups is 2. The minimum atomic E-state index is -1.23. The number of aromatic nitrogens is 1. The van der Waals surface area contributed by atoms with Gasteiger partial charge in [-0.3, -0.25) is 9.59 Å². The minimum absolute atomic E-state index is 0.0455. The van der Waals surface area contributed by atoms with Crippen molar-refractivity contribution in [1.82, 2.24) is 4.98 Å². The first-order valence-electron chi connectivity index (χ1n) is 12.6. The summed E-state index contributed by atoms with van der Waals surface area (Å²) in [5.41, 5.74) is 0.179. The van der Waals surface area contributed by atoms with Crippen molar-refractivity contribution in [1.29, 1.82) is 0 Å². The van der Waals surface area contributed by atoms with Crippen LogP contribution in [-0.4, -0.2) is 57.0 Å². The molecule has 3 heterocycles. The highest BCUT2D eigenvalue weighted by Gasteiger charge is 2.53. The van der Waals surface area contributed by atoms with Gasteiger partial charge in [0, 0.05) is 17.7 Å². The summed E-state index contributed by atoms with van der Waals surface area (Å²) in [6.07, 6.45) is 1.98. The molecule has 1 aromatic rings. The number of fused-ring (bicyclic) bond motifs is 1. The molecule has 196 valence electrons. The first-order chi connectivity index (χ1) is 16.2. The van der Waals surface area contributed by atoms with E-state index in [1.54, 1.807) is 32.1 Å². The van der Waals surface area contributed by atoms with Crippen LogP contribution >= 0.6 is 11.3 Å². The van der Waals surface area contributed by atoms with Gasteiger partial charge in [-0.05, 0) is 51.2 Å². The summed E-state index contributed by atoms with van der Waals surface area (Å²) in [4.78, 5) is 30.6. The van der Waals surface area contributed by atoms with Gasteiger partial charge in [0.15, 0.2) is 0 Å². The lowest BCUT2D eigenvalue weighted by atomic mass is 9.73. The van der Waals surface area contributed by atoms with Crippen LogP contribution in [0.25, 0.3) is 6.08 Å². The predicted molar refractivity (Wildman–Crippen MR) is 136 cm³/mol. The molecule has 0 saturated carbocycles. The Balaban J connectivity index is 1.85. The number of thiazole rings is 1. The van der Waals surface area contributed by atoms with Gasteiger partial charge in [-0.1, -0.05) is 34.1 Å². The normalized spacial score (nSPS) is 37.5. The molecule has 35 heavy (non-hydrogen) atoms. The summed E-state index contributed by atoms with van der Waals surface area (Å²) in [5, 5.41) is 24.6. The van der Waals surface area contributed by atoms with Crippen LogP contribution in [0.4, 0.5) is 0 Å². The van der Waals surface area contributed by atoms with E-state index in [1.807, 2.05) is 32.2 Å². The molecule has 0 radical (unpaired) electrons. The van der Waals surface area contributed by atoms with Crippen molar-refractivity contribution in [3.05, 3.63) is 21.7 Å². The van der Waals surface area contributed by atoms with Gasteiger partial charge in [0.2, 0.25) is 0 Å². The third-order valence-electron chi connectivity index (χ3n) is 7.93. The number of cyclic esters (lactones) is 1. The summed E-state index contributed by atoms with van der Waals surface area (Å²) in [6.45, 7) is 12.8. The largest absolute Gasteiger partial charge is 0.458 e. The highest BCUT2D eigenvalue weighted by Crippen LogP contribution is 2.45. The second-order valence-electron chi connectivity index (χ2n) is 11.3. The van der Waals surface area contributed by atoms with E-state index in [0.29, 0.717) is 6.42 Å². The molecule has 0 unspecified atom stereocenters. The zero-order chi connectivity index (χ0) is 26.1. The number of esters is 1. The van der Waals surface area contributed by atoms with Crippen LogP contribution in [0.1, 0.15) is 84.3 Å². The number of hydrogen-bond donors (Lipinski definition) is 2. The molecule has 1 aromatic heterocycles. The van der Waals surface area contributed by atoms with E-state index >= 15 is 0 Å². The predicted octanol–water partition coefficient (Wildman–Crippen LogP) is 4.48. The molecular formula is C27H41NO6S. The zero-order valence-electron chi connectivity index (χ0n) is 22.0. The molecule has 0 aliphatic carbocycles. The van der Waals surface area contributed by atoms with Gasteiger partial charge in [0.25, 0.3) is 0 Å². The quantitative estimate of drug-likeness (QED) is 0.449. The molecule has 2 fully saturated rings. The molecule has 0 spiro atoms. The van der Waals surface area contributed by atoms with Crippen molar-refractivity contribution >= 4 is 29.2 Å². The zero-order valence-corrected chi connectivity index (χ0v) is 22.9. The van der Waals surface area contributed by atoms with E-state index in [9.17, 15) is 19.8 Å². The lowest BCUT2D eigenvalue weighted by Crippen LogP contribution is -2.45. The number of aliphatic hydroxyl groups excluding tert-OH is 2. The summed E-state index contributed by atoms with van der Waals surface area (Å²) < 4.78 is 11.9. The molecule has 3 rings (SSSR count). The second-order valence-corrected chi connectivity index (χ2v) is 12.3. The molecule has 8 heteroatoms. The number of ketones is 1. The average molecular weight is 508 g/mol. The first kappa shape index (κ1) is 28.0. The number of epoxide rings is 1. The van der Waals surface area contributed by atoms with Gasteiger partial charge in [-0.15, -0.1) is 11.3 Å². The van der Waals surface area contributed by atoms with Gasteiger partial charge in [0.1, 0.15) is 11.9 Å². The van der Waals surface area contributed by atoms with Crippen LogP contribution in [0, 0.1) is 24.2 Å². The van der Waals surface area contributed by atoms with Gasteiger partial charge in [-0.2, -0.15) is 0 Å². The van der Waals surface area contributed by atoms with E-state index in [4.69, 9.17) is 9.47 Å². The number of aliphatic hydroxyl groups is 2. The van der Waals surface area contributed by atoms with Gasteiger partial charge >= 0.3 is 5.97 Å². The molecule has 7 atom stereocenters. The molecule has 2 aliphatic heterocycles. The minimum Gasteiger partial charge on any atom is -0.458 e. The van der Waals surface area contributed by atoms with Crippen LogP contribution in [0.15, 0.2) is 11.0 Å². The van der Waals surface area contributed by atoms with Crippen LogP contribution in [0.2, 0.25) is 0 Å². The maximum atomic E-state index is 13.2. The van der Waals surface area contributed by atoms with Gasteiger partial charge in [-0.25, -0.2) is 4.98 Å². The van der Waals surface area contributed by atoms with Crippen LogP contribution < -0.4 is 0 Å². The molecule has 2 aliphatic rings. The highest BCUT2D eigenvalue weighted by atomic mass is 32.1. The van der Waals surface area contributed by atoms with Crippen molar-refractivity contribution in [3.63, 3.8) is 0 Å². The Kier molecular flexibility index (Phi) is 8.62. The topological polar surface area (TPSA) is 109 Å². The maximum Gasteiger partial charge on any atom is 0.309 e. The van der Waals surface area contributed by atoms with E-state index in [0.717, 1.165) is 35.5 Å². The Labute approximate surface area is 212 Å². The van der Waals surface area contributed by atoms with Gasteiger partial charge in [0.05, 0.1) is 46.5 Å². The first-order valence-corrected chi connectivity index (χ1v) is 13.5. The van der Waals surface area contributed by atoms with Crippen molar-refractivity contribution < 1.29 is 29.3 Å². The number of rotatable bonds is 2. The number of ether oxygens (including phenoxy) is 2. The standard InChI is InChI=1S/C27H41NO6S/c1-15-9-8-10-27(7)22(34-27)12-20(16(2)11-19-14-35-18(4)28-19)33-23(30)13-21(29)26(5,6)25(32)17(3)24(15)31/h11,14-15,17,20-22,24,29,31H,8-10,12-13H2,1-7H3/t15-,17+,20-,21-,22-,24-,27+/m0/s1. The average Bonchev–Trinajstić information content (AvgIpc) is 3.22. The summed E-state index contributed by atoms with van der Waals surface area (Å²) >= 11 is 1.56. The number of hydrogen-bond acceptors (Lipinski definition) is 8. The number of aryl methyl sites for hydroxylation is 1. The van der Waals surface area contributed by atoms with E-state index < -0.39 is 35.6 Å².